The van der Waals surface area contributed by atoms with E-state index in [2.05, 4.69) is 31.6 Å². The van der Waals surface area contributed by atoms with Crippen LogP contribution >= 0.6 is 0 Å². The monoisotopic (exact) mass is 733 g/mol. The average Bonchev–Trinajstić information content (AvgIpc) is 3.69. The highest BCUT2D eigenvalue weighted by molar-refractivity contribution is 5.96. The van der Waals surface area contributed by atoms with E-state index in [1.165, 1.54) is 28.8 Å². The maximum Gasteiger partial charge on any atom is 0.490 e. The van der Waals surface area contributed by atoms with Gasteiger partial charge in [-0.25, -0.2) is 32.8 Å². The van der Waals surface area contributed by atoms with Gasteiger partial charge < -0.3 is 29.1 Å². The van der Waals surface area contributed by atoms with Crippen LogP contribution in [0.4, 0.5) is 35.1 Å². The van der Waals surface area contributed by atoms with E-state index in [0.29, 0.717) is 27.8 Å². The van der Waals surface area contributed by atoms with Gasteiger partial charge in [0.25, 0.3) is 0 Å². The van der Waals surface area contributed by atoms with E-state index >= 15 is 0 Å². The maximum atomic E-state index is 14.4. The van der Waals surface area contributed by atoms with Crippen molar-refractivity contribution in [2.24, 2.45) is 7.05 Å². The number of aryl methyl sites for hydroxylation is 2. The van der Waals surface area contributed by atoms with Crippen LogP contribution in [-0.2, 0) is 23.2 Å². The molecule has 12 nitrogen and oxygen atoms in total. The third kappa shape index (κ3) is 9.31. The number of hydrogen-bond acceptors (Lipinski definition) is 6. The summed E-state index contributed by atoms with van der Waals surface area (Å²) >= 11 is 0. The van der Waals surface area contributed by atoms with Crippen LogP contribution in [0.1, 0.15) is 6.42 Å². The molecule has 1 aliphatic heterocycles. The predicted octanol–water partition coefficient (Wildman–Crippen LogP) is 4.86. The van der Waals surface area contributed by atoms with Gasteiger partial charge in [-0.05, 0) is 56.4 Å². The van der Waals surface area contributed by atoms with Crippen molar-refractivity contribution in [2.75, 3.05) is 39.8 Å². The maximum absolute atomic E-state index is 14.4. The van der Waals surface area contributed by atoms with Gasteiger partial charge in [0.15, 0.2) is 5.82 Å². The van der Waals surface area contributed by atoms with E-state index in [4.69, 9.17) is 19.8 Å². The second kappa shape index (κ2) is 15.3. The Hall–Kier alpha value is -5.24. The largest absolute Gasteiger partial charge is 0.490 e. The lowest BCUT2D eigenvalue weighted by Crippen LogP contribution is -2.44. The molecule has 1 aliphatic rings. The number of nitrogens with one attached hydrogen (secondary N) is 1. The second-order valence-electron chi connectivity index (χ2n) is 11.5. The molecule has 0 aliphatic carbocycles. The molecule has 2 aromatic carbocycles. The molecule has 20 heteroatoms. The van der Waals surface area contributed by atoms with Gasteiger partial charge in [0, 0.05) is 74.0 Å². The van der Waals surface area contributed by atoms with Crippen molar-refractivity contribution in [2.45, 2.75) is 25.3 Å². The smallest absolute Gasteiger partial charge is 0.475 e. The van der Waals surface area contributed by atoms with Crippen LogP contribution in [0.3, 0.4) is 0 Å². The molecular formula is C31H31F8N7O5. The Morgan fingerprint density at radius 3 is 1.88 bits per heavy atom. The van der Waals surface area contributed by atoms with Gasteiger partial charge in [0.2, 0.25) is 0 Å². The molecule has 0 atom stereocenters. The minimum absolute atomic E-state index is 0.349. The summed E-state index contributed by atoms with van der Waals surface area (Å²) < 4.78 is 97.4. The van der Waals surface area contributed by atoms with Crippen LogP contribution in [0.25, 0.3) is 38.9 Å². The van der Waals surface area contributed by atoms with Crippen LogP contribution in [-0.4, -0.2) is 108 Å². The molecule has 3 aromatic heterocycles. The molecule has 5 aromatic rings. The molecule has 1 saturated heterocycles. The van der Waals surface area contributed by atoms with Crippen molar-refractivity contribution in [3.8, 4) is 17.1 Å². The zero-order chi connectivity index (χ0) is 37.8. The summed E-state index contributed by atoms with van der Waals surface area (Å²) in [6, 6.07) is 9.19. The molecule has 1 fully saturated rings. The molecule has 0 bridgehead atoms. The van der Waals surface area contributed by atoms with Gasteiger partial charge in [0.05, 0.1) is 11.2 Å². The lowest BCUT2D eigenvalue weighted by atomic mass is 10.1. The van der Waals surface area contributed by atoms with Gasteiger partial charge >= 0.3 is 30.0 Å². The molecular weight excluding hydrogens is 702 g/mol. The predicted molar refractivity (Wildman–Crippen MR) is 167 cm³/mol. The van der Waals surface area contributed by atoms with Gasteiger partial charge in [-0.3, -0.25) is 0 Å². The molecule has 276 valence electrons. The summed E-state index contributed by atoms with van der Waals surface area (Å²) in [5, 5.41) is 22.4. The Morgan fingerprint density at radius 2 is 1.33 bits per heavy atom. The van der Waals surface area contributed by atoms with E-state index in [1.54, 1.807) is 12.1 Å². The lowest BCUT2D eigenvalue weighted by molar-refractivity contribution is -0.193. The fraction of sp³-hybridized carbons (Fsp3) is 0.355. The van der Waals surface area contributed by atoms with Crippen LogP contribution in [0, 0.1) is 11.6 Å². The highest BCUT2D eigenvalue weighted by Crippen LogP contribution is 2.33. The van der Waals surface area contributed by atoms with Gasteiger partial charge in [-0.2, -0.15) is 31.4 Å². The fourth-order valence-electron chi connectivity index (χ4n) is 5.39. The number of benzene rings is 2. The molecule has 4 heterocycles. The SMILES string of the molecule is CN1CCN(CCCn2cc(-n3c(-c4cn(C)c5ccc(F)cc45)n[nH]c3=O)c3cc(F)ccc32)CC1.O=C(O)C(F)(F)F.O=C(O)C(F)(F)F. The van der Waals surface area contributed by atoms with Crippen molar-refractivity contribution in [1.29, 1.82) is 0 Å². The highest BCUT2D eigenvalue weighted by atomic mass is 19.4. The zero-order valence-corrected chi connectivity index (χ0v) is 26.9. The van der Waals surface area contributed by atoms with Gasteiger partial charge in [0.1, 0.15) is 11.6 Å². The van der Waals surface area contributed by atoms with Crippen LogP contribution in [0.5, 0.6) is 0 Å². The molecule has 3 N–H and O–H groups in total. The highest BCUT2D eigenvalue weighted by Gasteiger charge is 2.39. The Balaban J connectivity index is 0.000000353. The Kier molecular flexibility index (Phi) is 11.6. The van der Waals surface area contributed by atoms with Crippen LogP contribution in [0.2, 0.25) is 0 Å². The third-order valence-electron chi connectivity index (χ3n) is 7.88. The number of piperazine rings is 1. The normalized spacial score (nSPS) is 14.2. The first-order valence-corrected chi connectivity index (χ1v) is 15.0. The number of aromatic nitrogens is 5. The number of rotatable bonds is 6. The minimum atomic E-state index is -5.08. The number of nitrogens with zero attached hydrogens (tertiary/aromatic N) is 6. The Bertz CT molecular complexity index is 2050. The molecule has 0 unspecified atom stereocenters. The molecule has 0 spiro atoms. The summed E-state index contributed by atoms with van der Waals surface area (Å²) in [5.74, 6) is -5.92. The van der Waals surface area contributed by atoms with Crippen LogP contribution < -0.4 is 5.69 Å². The summed E-state index contributed by atoms with van der Waals surface area (Å²) in [7, 11) is 4.01. The van der Waals surface area contributed by atoms with Crippen molar-refractivity contribution >= 4 is 33.7 Å². The first-order valence-electron chi connectivity index (χ1n) is 15.0. The number of hydrogen-bond donors (Lipinski definition) is 3. The van der Waals surface area contributed by atoms with E-state index in [0.717, 1.165) is 56.7 Å². The van der Waals surface area contributed by atoms with Gasteiger partial charge in [-0.15, -0.1) is 0 Å². The molecule has 51 heavy (non-hydrogen) atoms. The number of carboxylic acids is 2. The minimum Gasteiger partial charge on any atom is -0.475 e. The van der Waals surface area contributed by atoms with Crippen molar-refractivity contribution in [1.82, 2.24) is 33.7 Å². The number of H-pyrrole nitrogens is 1. The summed E-state index contributed by atoms with van der Waals surface area (Å²) in [5.41, 5.74) is 2.37. The van der Waals surface area contributed by atoms with Crippen molar-refractivity contribution in [3.05, 3.63) is 70.9 Å². The van der Waals surface area contributed by atoms with E-state index in [-0.39, 0.29) is 11.6 Å². The Morgan fingerprint density at radius 1 is 0.804 bits per heavy atom. The third-order valence-corrected chi connectivity index (χ3v) is 7.88. The number of fused-ring (bicyclic) bond motifs is 2. The number of halogens is 8. The summed E-state index contributed by atoms with van der Waals surface area (Å²) in [4.78, 5) is 35.6. The first-order chi connectivity index (χ1) is 23.8. The quantitative estimate of drug-likeness (QED) is 0.211. The van der Waals surface area contributed by atoms with Crippen LogP contribution in [0.15, 0.2) is 53.6 Å². The topological polar surface area (TPSA) is 142 Å². The zero-order valence-electron chi connectivity index (χ0n) is 26.9. The Labute approximate surface area is 282 Å². The van der Waals surface area contributed by atoms with Crippen molar-refractivity contribution < 1.29 is 54.9 Å². The summed E-state index contributed by atoms with van der Waals surface area (Å²) in [6.45, 7) is 5.95. The number of aliphatic carboxylic acids is 2. The lowest BCUT2D eigenvalue weighted by Gasteiger charge is -2.32. The second-order valence-corrected chi connectivity index (χ2v) is 11.5. The fourth-order valence-corrected chi connectivity index (χ4v) is 5.39. The average molecular weight is 734 g/mol. The van der Waals surface area contributed by atoms with E-state index < -0.39 is 30.0 Å². The number of carbonyl (C=O) groups is 2. The molecule has 0 amide bonds. The number of alkyl halides is 6. The molecule has 6 rings (SSSR count). The first kappa shape index (κ1) is 38.6. The number of likely N-dealkylation sites (N-methyl/N-ethyl adjacent to an activating group) is 1. The van der Waals surface area contributed by atoms with Gasteiger partial charge in [-0.1, -0.05) is 0 Å². The number of carboxylic acid groups (broad SMARTS) is 2. The molecule has 0 radical (unpaired) electrons. The van der Waals surface area contributed by atoms with Crippen molar-refractivity contribution in [3.63, 3.8) is 0 Å². The van der Waals surface area contributed by atoms with E-state index in [1.807, 2.05) is 24.0 Å². The number of aromatic amines is 1. The molecule has 0 saturated carbocycles. The standard InChI is InChI=1S/C27H29F2N7O.2C2HF3O2/c1-32-10-12-34(13-11-32)8-3-9-35-17-25(21-15-19(29)5-7-24(21)35)36-26(30-31-27(36)37)22-16-33(2)23-6-4-18(28)14-20(22)23;2*3-2(4,5)1(6)7/h4-7,14-17H,3,8-13H2,1-2H3,(H,31,37);2*(H,6,7). The van der Waals surface area contributed by atoms with E-state index in [9.17, 15) is 39.9 Å². The summed E-state index contributed by atoms with van der Waals surface area (Å²) in [6.07, 6.45) is -5.52.